The number of aryl methyl sites for hydroxylation is 1. The molecule has 1 aromatic rings. The lowest BCUT2D eigenvalue weighted by molar-refractivity contribution is -0.145. The molecule has 0 aliphatic carbocycles. The predicted octanol–water partition coefficient (Wildman–Crippen LogP) is 1.49. The van der Waals surface area contributed by atoms with Crippen LogP contribution in [0.2, 0.25) is 0 Å². The minimum absolute atomic E-state index is 0.00962. The van der Waals surface area contributed by atoms with Gasteiger partial charge in [-0.15, -0.1) is 11.8 Å². The van der Waals surface area contributed by atoms with E-state index in [-0.39, 0.29) is 23.9 Å². The third-order valence-corrected chi connectivity index (χ3v) is 5.65. The van der Waals surface area contributed by atoms with Gasteiger partial charge in [0.2, 0.25) is 11.8 Å². The van der Waals surface area contributed by atoms with Gasteiger partial charge in [-0.3, -0.25) is 14.3 Å². The number of aromatic nitrogens is 2. The quantitative estimate of drug-likeness (QED) is 0.839. The molecule has 1 aromatic heterocycles. The molecule has 126 valence electrons. The molecule has 0 radical (unpaired) electrons. The van der Waals surface area contributed by atoms with Gasteiger partial charge < -0.3 is 9.80 Å². The van der Waals surface area contributed by atoms with Gasteiger partial charge >= 0.3 is 0 Å². The first-order chi connectivity index (χ1) is 11.1. The summed E-state index contributed by atoms with van der Waals surface area (Å²) in [5, 5.41) is 4.35. The SMILES string of the molecule is CC(=O)N1CSC[C@H]1C(=O)N1CCCC[C@H]1Cn1cc(C)cn1. The lowest BCUT2D eigenvalue weighted by Crippen LogP contribution is -2.54. The molecule has 7 heteroatoms. The predicted molar refractivity (Wildman–Crippen MR) is 89.9 cm³/mol. The Morgan fingerprint density at radius 1 is 1.35 bits per heavy atom. The largest absolute Gasteiger partial charge is 0.336 e. The number of hydrogen-bond donors (Lipinski definition) is 0. The van der Waals surface area contributed by atoms with Crippen LogP contribution in [0.4, 0.5) is 0 Å². The molecule has 0 N–H and O–H groups in total. The Hall–Kier alpha value is -1.50. The lowest BCUT2D eigenvalue weighted by atomic mass is 10.0. The van der Waals surface area contributed by atoms with E-state index in [1.54, 1.807) is 23.6 Å². The van der Waals surface area contributed by atoms with Gasteiger partial charge in [0.1, 0.15) is 6.04 Å². The zero-order chi connectivity index (χ0) is 16.4. The van der Waals surface area contributed by atoms with E-state index in [9.17, 15) is 9.59 Å². The standard InChI is InChI=1S/C16H24N4O2S/c1-12-7-17-18(8-12)9-14-5-3-4-6-19(14)16(22)15-10-23-11-20(15)13(2)21/h7-8,14-15H,3-6,9-11H2,1-2H3/t14-,15-/m0/s1. The summed E-state index contributed by atoms with van der Waals surface area (Å²) in [5.74, 6) is 1.44. The molecule has 0 spiro atoms. The molecule has 2 atom stereocenters. The summed E-state index contributed by atoms with van der Waals surface area (Å²) in [6, 6.07) is -0.118. The van der Waals surface area contributed by atoms with Gasteiger partial charge in [-0.25, -0.2) is 0 Å². The highest BCUT2D eigenvalue weighted by Crippen LogP contribution is 2.26. The molecule has 0 unspecified atom stereocenters. The van der Waals surface area contributed by atoms with Crippen LogP contribution in [0.5, 0.6) is 0 Å². The smallest absolute Gasteiger partial charge is 0.246 e. The van der Waals surface area contributed by atoms with Gasteiger partial charge in [0.05, 0.1) is 24.7 Å². The van der Waals surface area contributed by atoms with Crippen LogP contribution in [0.1, 0.15) is 31.7 Å². The summed E-state index contributed by atoms with van der Waals surface area (Å²) in [7, 11) is 0. The van der Waals surface area contributed by atoms with Crippen LogP contribution in [-0.4, -0.2) is 61.7 Å². The average molecular weight is 336 g/mol. The first kappa shape index (κ1) is 16.4. The third kappa shape index (κ3) is 3.54. The normalized spacial score (nSPS) is 25.0. The second kappa shape index (κ2) is 6.95. The summed E-state index contributed by atoms with van der Waals surface area (Å²) >= 11 is 1.66. The molecule has 2 aliphatic heterocycles. The zero-order valence-electron chi connectivity index (χ0n) is 13.8. The molecule has 23 heavy (non-hydrogen) atoms. The lowest BCUT2D eigenvalue weighted by Gasteiger charge is -2.38. The van der Waals surface area contributed by atoms with Crippen molar-refractivity contribution in [2.45, 2.75) is 51.7 Å². The van der Waals surface area contributed by atoms with E-state index < -0.39 is 0 Å². The first-order valence-electron chi connectivity index (χ1n) is 8.21. The molecule has 2 saturated heterocycles. The highest BCUT2D eigenvalue weighted by molar-refractivity contribution is 7.99. The van der Waals surface area contributed by atoms with Crippen LogP contribution < -0.4 is 0 Å². The highest BCUT2D eigenvalue weighted by Gasteiger charge is 2.38. The zero-order valence-corrected chi connectivity index (χ0v) is 14.6. The van der Waals surface area contributed by atoms with Crippen LogP contribution >= 0.6 is 11.8 Å². The summed E-state index contributed by atoms with van der Waals surface area (Å²) in [6.07, 6.45) is 7.06. The van der Waals surface area contributed by atoms with Crippen LogP contribution in [0.25, 0.3) is 0 Å². The van der Waals surface area contributed by atoms with Crippen LogP contribution in [0.3, 0.4) is 0 Å². The summed E-state index contributed by atoms with van der Waals surface area (Å²) < 4.78 is 1.93. The van der Waals surface area contributed by atoms with Crippen molar-refractivity contribution in [2.24, 2.45) is 0 Å². The second-order valence-corrected chi connectivity index (χ2v) is 7.43. The van der Waals surface area contributed by atoms with Crippen molar-refractivity contribution in [2.75, 3.05) is 18.2 Å². The van der Waals surface area contributed by atoms with Crippen molar-refractivity contribution in [3.05, 3.63) is 18.0 Å². The minimum Gasteiger partial charge on any atom is -0.336 e. The van der Waals surface area contributed by atoms with E-state index in [1.165, 1.54) is 0 Å². The number of carbonyl (C=O) groups excluding carboxylic acids is 2. The van der Waals surface area contributed by atoms with Gasteiger partial charge in [-0.05, 0) is 31.7 Å². The van der Waals surface area contributed by atoms with Gasteiger partial charge in [-0.1, -0.05) is 0 Å². The Morgan fingerprint density at radius 2 is 2.17 bits per heavy atom. The molecule has 2 amide bonds. The van der Waals surface area contributed by atoms with Crippen molar-refractivity contribution in [1.82, 2.24) is 19.6 Å². The van der Waals surface area contributed by atoms with E-state index in [2.05, 4.69) is 5.10 Å². The second-order valence-electron chi connectivity index (χ2n) is 6.43. The fraction of sp³-hybridized carbons (Fsp3) is 0.688. The number of likely N-dealkylation sites (tertiary alicyclic amines) is 1. The van der Waals surface area contributed by atoms with Crippen LogP contribution in [0.15, 0.2) is 12.4 Å². The molecule has 3 rings (SSSR count). The van der Waals surface area contributed by atoms with Crippen molar-refractivity contribution in [1.29, 1.82) is 0 Å². The van der Waals surface area contributed by atoms with Crippen molar-refractivity contribution in [3.63, 3.8) is 0 Å². The Morgan fingerprint density at radius 3 is 2.87 bits per heavy atom. The summed E-state index contributed by atoms with van der Waals surface area (Å²) in [6.45, 7) is 5.09. The van der Waals surface area contributed by atoms with E-state index >= 15 is 0 Å². The Labute approximate surface area is 141 Å². The maximum Gasteiger partial charge on any atom is 0.246 e. The molecule has 0 saturated carbocycles. The molecule has 0 aromatic carbocycles. The number of carbonyl (C=O) groups is 2. The number of hydrogen-bond acceptors (Lipinski definition) is 4. The number of rotatable bonds is 3. The maximum atomic E-state index is 13.0. The third-order valence-electron chi connectivity index (χ3n) is 4.64. The van der Waals surface area contributed by atoms with Crippen LogP contribution in [-0.2, 0) is 16.1 Å². The average Bonchev–Trinajstić information content (AvgIpc) is 3.16. The molecule has 0 bridgehead atoms. The number of nitrogens with zero attached hydrogens (tertiary/aromatic N) is 4. The van der Waals surface area contributed by atoms with Crippen molar-refractivity contribution < 1.29 is 9.59 Å². The van der Waals surface area contributed by atoms with Crippen molar-refractivity contribution >= 4 is 23.6 Å². The molecule has 2 fully saturated rings. The number of thioether (sulfide) groups is 1. The summed E-state index contributed by atoms with van der Waals surface area (Å²) in [5.41, 5.74) is 1.13. The molecule has 3 heterocycles. The van der Waals surface area contributed by atoms with Gasteiger partial charge in [0.25, 0.3) is 0 Å². The van der Waals surface area contributed by atoms with E-state index in [0.29, 0.717) is 11.6 Å². The summed E-state index contributed by atoms with van der Waals surface area (Å²) in [4.78, 5) is 28.5. The first-order valence-corrected chi connectivity index (χ1v) is 9.36. The van der Waals surface area contributed by atoms with E-state index in [0.717, 1.165) is 37.9 Å². The van der Waals surface area contributed by atoms with Gasteiger partial charge in [0.15, 0.2) is 0 Å². The molecular formula is C16H24N4O2S. The number of piperidine rings is 1. The van der Waals surface area contributed by atoms with E-state index in [1.807, 2.05) is 28.9 Å². The van der Waals surface area contributed by atoms with Gasteiger partial charge in [0, 0.05) is 25.4 Å². The van der Waals surface area contributed by atoms with Crippen LogP contribution in [0, 0.1) is 6.92 Å². The Kier molecular flexibility index (Phi) is 4.94. The molecule has 2 aliphatic rings. The highest BCUT2D eigenvalue weighted by atomic mass is 32.2. The fourth-order valence-electron chi connectivity index (χ4n) is 3.41. The maximum absolute atomic E-state index is 13.0. The fourth-order valence-corrected chi connectivity index (χ4v) is 4.62. The minimum atomic E-state index is -0.294. The van der Waals surface area contributed by atoms with Crippen molar-refractivity contribution in [3.8, 4) is 0 Å². The van der Waals surface area contributed by atoms with E-state index in [4.69, 9.17) is 0 Å². The Balaban J connectivity index is 1.72. The monoisotopic (exact) mass is 336 g/mol. The van der Waals surface area contributed by atoms with Gasteiger partial charge in [-0.2, -0.15) is 5.10 Å². The topological polar surface area (TPSA) is 58.4 Å². The Bertz CT molecular complexity index is 588. The molecule has 6 nitrogen and oxygen atoms in total. The molecular weight excluding hydrogens is 312 g/mol. The number of amides is 2.